The van der Waals surface area contributed by atoms with Gasteiger partial charge in [-0.05, 0) is 50.1 Å². The summed E-state index contributed by atoms with van der Waals surface area (Å²) in [6, 6.07) is 10.2. The van der Waals surface area contributed by atoms with Crippen molar-refractivity contribution in [1.29, 1.82) is 0 Å². The topological polar surface area (TPSA) is 12.0 Å². The number of alkyl halides is 2. The van der Waals surface area contributed by atoms with E-state index in [9.17, 15) is 8.78 Å². The van der Waals surface area contributed by atoms with Crippen molar-refractivity contribution in [1.82, 2.24) is 5.32 Å². The van der Waals surface area contributed by atoms with Crippen molar-refractivity contribution in [2.45, 2.75) is 32.1 Å². The third kappa shape index (κ3) is 3.52. The number of hydrogen-bond acceptors (Lipinski definition) is 1. The maximum Gasteiger partial charge on any atom is 0.263 e. The summed E-state index contributed by atoms with van der Waals surface area (Å²) in [6.45, 7) is 2.72. The monoisotopic (exact) mass is 291 g/mol. The molecule has 1 aliphatic heterocycles. The first-order valence-electron chi connectivity index (χ1n) is 7.88. The molecule has 1 aromatic rings. The molecular weight excluding hydrogens is 268 g/mol. The molecule has 0 bridgehead atoms. The molecule has 1 aliphatic carbocycles. The van der Waals surface area contributed by atoms with E-state index in [1.807, 2.05) is 18.2 Å². The van der Waals surface area contributed by atoms with Gasteiger partial charge in [-0.15, -0.1) is 0 Å². The number of piperidine rings is 1. The van der Waals surface area contributed by atoms with Crippen molar-refractivity contribution >= 4 is 6.08 Å². The fourth-order valence-corrected chi connectivity index (χ4v) is 3.53. The Bertz CT molecular complexity index is 509. The Morgan fingerprint density at radius 3 is 2.81 bits per heavy atom. The minimum Gasteiger partial charge on any atom is -0.311 e. The molecule has 0 aromatic heterocycles. The molecule has 3 unspecified atom stereocenters. The maximum absolute atomic E-state index is 13.9. The third-order valence-electron chi connectivity index (χ3n) is 4.92. The zero-order valence-corrected chi connectivity index (χ0v) is 12.5. The summed E-state index contributed by atoms with van der Waals surface area (Å²) in [5.74, 6) is -1.99. The number of benzene rings is 1. The lowest BCUT2D eigenvalue weighted by Gasteiger charge is -2.32. The van der Waals surface area contributed by atoms with Crippen LogP contribution in [0, 0.1) is 17.8 Å². The maximum atomic E-state index is 13.9. The average Bonchev–Trinajstić information content (AvgIpc) is 3.22. The van der Waals surface area contributed by atoms with Crippen LogP contribution in [0.1, 0.15) is 31.7 Å². The van der Waals surface area contributed by atoms with Gasteiger partial charge < -0.3 is 5.32 Å². The lowest BCUT2D eigenvalue weighted by Crippen LogP contribution is -2.46. The van der Waals surface area contributed by atoms with Crippen molar-refractivity contribution in [3.63, 3.8) is 0 Å². The van der Waals surface area contributed by atoms with Crippen LogP contribution in [-0.2, 0) is 0 Å². The smallest absolute Gasteiger partial charge is 0.263 e. The minimum absolute atomic E-state index is 0.145. The molecule has 3 heteroatoms. The van der Waals surface area contributed by atoms with E-state index in [-0.39, 0.29) is 6.54 Å². The molecule has 1 heterocycles. The predicted octanol–water partition coefficient (Wildman–Crippen LogP) is 4.36. The minimum atomic E-state index is -2.53. The van der Waals surface area contributed by atoms with E-state index in [1.54, 1.807) is 0 Å². The van der Waals surface area contributed by atoms with Gasteiger partial charge in [-0.25, -0.2) is 8.78 Å². The molecule has 114 valence electrons. The van der Waals surface area contributed by atoms with E-state index in [4.69, 9.17) is 0 Å². The van der Waals surface area contributed by atoms with Crippen LogP contribution >= 0.6 is 0 Å². The van der Waals surface area contributed by atoms with E-state index in [0.717, 1.165) is 13.0 Å². The SMILES string of the molecule is C/C(=C\c1ccccc1)C1CC1CC1CCNCC1(F)F. The fourth-order valence-electron chi connectivity index (χ4n) is 3.53. The van der Waals surface area contributed by atoms with Gasteiger partial charge in [0.15, 0.2) is 0 Å². The van der Waals surface area contributed by atoms with E-state index >= 15 is 0 Å². The van der Waals surface area contributed by atoms with Crippen molar-refractivity contribution in [3.05, 3.63) is 41.5 Å². The molecule has 0 radical (unpaired) electrons. The van der Waals surface area contributed by atoms with Crippen molar-refractivity contribution in [2.24, 2.45) is 17.8 Å². The van der Waals surface area contributed by atoms with Crippen molar-refractivity contribution in [2.75, 3.05) is 13.1 Å². The second kappa shape index (κ2) is 5.88. The van der Waals surface area contributed by atoms with Crippen LogP contribution in [0.15, 0.2) is 35.9 Å². The van der Waals surface area contributed by atoms with Gasteiger partial charge in [0.05, 0.1) is 6.54 Å². The van der Waals surface area contributed by atoms with Gasteiger partial charge in [-0.1, -0.05) is 42.0 Å². The molecule has 0 amide bonds. The molecule has 2 fully saturated rings. The lowest BCUT2D eigenvalue weighted by molar-refractivity contribution is -0.0779. The molecular formula is C18H23F2N. The van der Waals surface area contributed by atoms with Crippen LogP contribution in [-0.4, -0.2) is 19.0 Å². The van der Waals surface area contributed by atoms with Crippen LogP contribution in [0.3, 0.4) is 0 Å². The highest BCUT2D eigenvalue weighted by molar-refractivity contribution is 5.53. The van der Waals surface area contributed by atoms with Gasteiger partial charge in [-0.2, -0.15) is 0 Å². The molecule has 1 N–H and O–H groups in total. The molecule has 21 heavy (non-hydrogen) atoms. The summed E-state index contributed by atoms with van der Waals surface area (Å²) >= 11 is 0. The summed E-state index contributed by atoms with van der Waals surface area (Å²) < 4.78 is 27.7. The molecule has 3 rings (SSSR count). The van der Waals surface area contributed by atoms with Crippen LogP contribution in [0.4, 0.5) is 8.78 Å². The molecule has 0 spiro atoms. The average molecular weight is 291 g/mol. The predicted molar refractivity (Wildman–Crippen MR) is 82.2 cm³/mol. The first-order chi connectivity index (χ1) is 10.1. The standard InChI is InChI=1S/C18H23F2N/c1-13(9-14-5-3-2-4-6-14)17-11-15(17)10-16-7-8-21-12-18(16,19)20/h2-6,9,15-17,21H,7-8,10-12H2,1H3/b13-9+. The number of rotatable bonds is 4. The molecule has 1 aromatic carbocycles. The Morgan fingerprint density at radius 1 is 1.33 bits per heavy atom. The zero-order valence-electron chi connectivity index (χ0n) is 12.5. The van der Waals surface area contributed by atoms with Crippen LogP contribution in [0.25, 0.3) is 6.08 Å². The number of halogens is 2. The molecule has 1 nitrogen and oxygen atoms in total. The van der Waals surface area contributed by atoms with E-state index in [0.29, 0.717) is 24.7 Å². The molecule has 2 aliphatic rings. The molecule has 3 atom stereocenters. The molecule has 1 saturated heterocycles. The van der Waals surface area contributed by atoms with Gasteiger partial charge in [0.25, 0.3) is 5.92 Å². The Labute approximate surface area is 125 Å². The quantitative estimate of drug-likeness (QED) is 0.869. The summed E-state index contributed by atoms with van der Waals surface area (Å²) in [5.41, 5.74) is 2.54. The van der Waals surface area contributed by atoms with Gasteiger partial charge in [-0.3, -0.25) is 0 Å². The van der Waals surface area contributed by atoms with E-state index in [2.05, 4.69) is 30.4 Å². The van der Waals surface area contributed by atoms with Crippen LogP contribution in [0.5, 0.6) is 0 Å². The fraction of sp³-hybridized carbons (Fsp3) is 0.556. The number of hydrogen-bond donors (Lipinski definition) is 1. The Balaban J connectivity index is 1.58. The lowest BCUT2D eigenvalue weighted by atomic mass is 9.88. The Kier molecular flexibility index (Phi) is 4.12. The van der Waals surface area contributed by atoms with E-state index in [1.165, 1.54) is 11.1 Å². The first kappa shape index (κ1) is 14.7. The second-order valence-electron chi connectivity index (χ2n) is 6.56. The zero-order chi connectivity index (χ0) is 14.9. The largest absolute Gasteiger partial charge is 0.311 e. The highest BCUT2D eigenvalue weighted by Gasteiger charge is 2.47. The summed E-state index contributed by atoms with van der Waals surface area (Å²) in [7, 11) is 0. The van der Waals surface area contributed by atoms with E-state index < -0.39 is 11.8 Å². The second-order valence-corrected chi connectivity index (χ2v) is 6.56. The Hall–Kier alpha value is -1.22. The summed E-state index contributed by atoms with van der Waals surface area (Å²) in [5, 5.41) is 2.80. The van der Waals surface area contributed by atoms with Crippen LogP contribution < -0.4 is 5.32 Å². The van der Waals surface area contributed by atoms with Gasteiger partial charge >= 0.3 is 0 Å². The number of allylic oxidation sites excluding steroid dienone is 1. The van der Waals surface area contributed by atoms with Gasteiger partial charge in [0, 0.05) is 5.92 Å². The van der Waals surface area contributed by atoms with Crippen molar-refractivity contribution in [3.8, 4) is 0 Å². The van der Waals surface area contributed by atoms with Crippen molar-refractivity contribution < 1.29 is 8.78 Å². The highest BCUT2D eigenvalue weighted by atomic mass is 19.3. The molecule has 1 saturated carbocycles. The van der Waals surface area contributed by atoms with Gasteiger partial charge in [0.1, 0.15) is 0 Å². The third-order valence-corrected chi connectivity index (χ3v) is 4.92. The Morgan fingerprint density at radius 2 is 2.10 bits per heavy atom. The highest BCUT2D eigenvalue weighted by Crippen LogP contribution is 2.50. The normalized spacial score (nSPS) is 32.0. The first-order valence-corrected chi connectivity index (χ1v) is 7.88. The number of nitrogens with one attached hydrogen (secondary N) is 1. The summed E-state index contributed by atoms with van der Waals surface area (Å²) in [4.78, 5) is 0. The summed E-state index contributed by atoms with van der Waals surface area (Å²) in [6.07, 6.45) is 4.57. The van der Waals surface area contributed by atoms with Gasteiger partial charge in [0.2, 0.25) is 0 Å². The van der Waals surface area contributed by atoms with Crippen LogP contribution in [0.2, 0.25) is 0 Å².